The zero-order chi connectivity index (χ0) is 26.9. The lowest BCUT2D eigenvalue weighted by Gasteiger charge is -2.21. The van der Waals surface area contributed by atoms with Gasteiger partial charge < -0.3 is 35.0 Å². The minimum Gasteiger partial charge on any atom is -0.478 e. The molecule has 12 nitrogen and oxygen atoms in total. The first-order valence-electron chi connectivity index (χ1n) is 11.4. The average Bonchev–Trinajstić information content (AvgIpc) is 3.50. The number of rotatable bonds is 7. The fourth-order valence-electron chi connectivity index (χ4n) is 4.00. The van der Waals surface area contributed by atoms with Crippen molar-refractivity contribution in [1.29, 1.82) is 0 Å². The summed E-state index contributed by atoms with van der Waals surface area (Å²) >= 11 is 0. The van der Waals surface area contributed by atoms with Crippen molar-refractivity contribution in [2.24, 2.45) is 5.92 Å². The lowest BCUT2D eigenvalue weighted by Crippen LogP contribution is -2.45. The molecule has 4 atom stereocenters. The summed E-state index contributed by atoms with van der Waals surface area (Å²) in [4.78, 5) is 58.9. The zero-order valence-electron chi connectivity index (χ0n) is 19.6. The van der Waals surface area contributed by atoms with E-state index >= 15 is 0 Å². The molecule has 2 aromatic rings. The third-order valence-electron chi connectivity index (χ3n) is 5.88. The molecule has 0 saturated carbocycles. The van der Waals surface area contributed by atoms with Gasteiger partial charge in [-0.15, -0.1) is 0 Å². The third-order valence-corrected chi connectivity index (χ3v) is 5.88. The van der Waals surface area contributed by atoms with Gasteiger partial charge in [-0.2, -0.15) is 0 Å². The van der Waals surface area contributed by atoms with Crippen LogP contribution in [0.25, 0.3) is 0 Å². The highest BCUT2D eigenvalue weighted by Crippen LogP contribution is 2.24. The number of benzene rings is 2. The van der Waals surface area contributed by atoms with Crippen molar-refractivity contribution >= 4 is 30.0 Å². The van der Waals surface area contributed by atoms with Crippen molar-refractivity contribution in [2.45, 2.75) is 24.7 Å². The summed E-state index contributed by atoms with van der Waals surface area (Å²) < 4.78 is 9.52. The largest absolute Gasteiger partial charge is 0.478 e. The van der Waals surface area contributed by atoms with E-state index in [0.717, 1.165) is 19.5 Å². The van der Waals surface area contributed by atoms with Crippen LogP contribution in [0.5, 0.6) is 0 Å². The van der Waals surface area contributed by atoms with Crippen molar-refractivity contribution < 1.29 is 48.8 Å². The number of carboxylic acid groups (broad SMARTS) is 3. The standard InChI is InChI=1S/C18H14O8.C7H12N2O2/c19-15(20)13(25-17(23)11-7-3-1-4-8-11)14(16(21)22)26-18(24)12-9-5-2-6-10-12;10-7(11)9-3-5-1-2-8-6(5)4-9/h1-10,13-14H,(H,19,20)(H,21,22);5-6,8H,1-4H2,(H,10,11)/t13-,14-;5-,6+/m01/s1. The Morgan fingerprint density at radius 1 is 0.757 bits per heavy atom. The van der Waals surface area contributed by atoms with Gasteiger partial charge in [0.15, 0.2) is 0 Å². The van der Waals surface area contributed by atoms with Crippen LogP contribution >= 0.6 is 0 Å². The normalized spacial score (nSPS) is 19.4. The second-order valence-corrected chi connectivity index (χ2v) is 8.36. The van der Waals surface area contributed by atoms with Gasteiger partial charge in [-0.3, -0.25) is 0 Å². The number of likely N-dealkylation sites (tertiary alicyclic amines) is 1. The van der Waals surface area contributed by atoms with Gasteiger partial charge in [0.25, 0.3) is 0 Å². The quantitative estimate of drug-likeness (QED) is 0.394. The van der Waals surface area contributed by atoms with Gasteiger partial charge >= 0.3 is 30.0 Å². The third kappa shape index (κ3) is 7.27. The van der Waals surface area contributed by atoms with Crippen molar-refractivity contribution in [1.82, 2.24) is 10.2 Å². The molecule has 0 aliphatic carbocycles. The molecule has 2 heterocycles. The number of nitrogens with zero attached hydrogens (tertiary/aromatic N) is 1. The second-order valence-electron chi connectivity index (χ2n) is 8.36. The Bertz CT molecular complexity index is 1040. The molecule has 0 bridgehead atoms. The smallest absolute Gasteiger partial charge is 0.407 e. The Morgan fingerprint density at radius 2 is 1.22 bits per heavy atom. The van der Waals surface area contributed by atoms with E-state index in [1.165, 1.54) is 53.4 Å². The SMILES string of the molecule is O=C(O)N1C[C@H]2CCN[C@H]2C1.O=C(O[C@H](C(=O)O)[C@H](OC(=O)c1ccccc1)C(=O)O)c1ccccc1. The van der Waals surface area contributed by atoms with Crippen molar-refractivity contribution in [3.63, 3.8) is 0 Å². The summed E-state index contributed by atoms with van der Waals surface area (Å²) in [7, 11) is 0. The van der Waals surface area contributed by atoms with Gasteiger partial charge in [0.05, 0.1) is 11.1 Å². The minimum absolute atomic E-state index is 0.0253. The summed E-state index contributed by atoms with van der Waals surface area (Å²) in [5.41, 5.74) is 0.0505. The lowest BCUT2D eigenvalue weighted by atomic mass is 10.1. The first-order chi connectivity index (χ1) is 17.7. The molecule has 1 amide bonds. The van der Waals surface area contributed by atoms with E-state index in [9.17, 15) is 34.2 Å². The van der Waals surface area contributed by atoms with Crippen LogP contribution in [-0.4, -0.2) is 88.1 Å². The summed E-state index contributed by atoms with van der Waals surface area (Å²) in [5.74, 6) is -5.06. The van der Waals surface area contributed by atoms with E-state index < -0.39 is 42.2 Å². The Kier molecular flexibility index (Phi) is 9.16. The highest BCUT2D eigenvalue weighted by molar-refractivity contribution is 5.95. The number of nitrogens with one attached hydrogen (secondary N) is 1. The predicted octanol–water partition coefficient (Wildman–Crippen LogP) is 1.56. The van der Waals surface area contributed by atoms with Crippen LogP contribution in [0.15, 0.2) is 60.7 Å². The van der Waals surface area contributed by atoms with Crippen LogP contribution in [0.1, 0.15) is 27.1 Å². The van der Waals surface area contributed by atoms with Crippen LogP contribution in [-0.2, 0) is 19.1 Å². The number of carbonyl (C=O) groups is 5. The Morgan fingerprint density at radius 3 is 1.59 bits per heavy atom. The number of aliphatic carboxylic acids is 2. The maximum atomic E-state index is 12.0. The summed E-state index contributed by atoms with van der Waals surface area (Å²) in [6.07, 6.45) is -4.07. The number of fused-ring (bicyclic) bond motifs is 1. The predicted molar refractivity (Wildman–Crippen MR) is 126 cm³/mol. The maximum Gasteiger partial charge on any atom is 0.407 e. The van der Waals surface area contributed by atoms with Crippen LogP contribution in [0.2, 0.25) is 0 Å². The van der Waals surface area contributed by atoms with Gasteiger partial charge in [0, 0.05) is 19.1 Å². The van der Waals surface area contributed by atoms with Gasteiger partial charge in [-0.1, -0.05) is 36.4 Å². The maximum absolute atomic E-state index is 12.0. The lowest BCUT2D eigenvalue weighted by molar-refractivity contribution is -0.166. The van der Waals surface area contributed by atoms with Crippen LogP contribution in [0.3, 0.4) is 0 Å². The summed E-state index contributed by atoms with van der Waals surface area (Å²) in [6.45, 7) is 2.47. The number of carbonyl (C=O) groups excluding carboxylic acids is 2. The molecule has 0 unspecified atom stereocenters. The molecule has 37 heavy (non-hydrogen) atoms. The highest BCUT2D eigenvalue weighted by Gasteiger charge is 2.41. The molecule has 2 saturated heterocycles. The summed E-state index contributed by atoms with van der Waals surface area (Å²) in [5, 5.41) is 30.4. The van der Waals surface area contributed by atoms with Gasteiger partial charge in [-0.05, 0) is 43.1 Å². The Balaban J connectivity index is 0.000000284. The first kappa shape index (κ1) is 27.1. The number of hydrogen-bond acceptors (Lipinski definition) is 8. The van der Waals surface area contributed by atoms with Gasteiger partial charge in [0.2, 0.25) is 12.2 Å². The van der Waals surface area contributed by atoms with Crippen molar-refractivity contribution in [3.8, 4) is 0 Å². The molecule has 2 aliphatic heterocycles. The van der Waals surface area contributed by atoms with E-state index in [2.05, 4.69) is 5.32 Å². The minimum atomic E-state index is -2.21. The van der Waals surface area contributed by atoms with E-state index in [0.29, 0.717) is 18.5 Å². The van der Waals surface area contributed by atoms with E-state index in [-0.39, 0.29) is 11.1 Å². The second kappa shape index (κ2) is 12.5. The summed E-state index contributed by atoms with van der Waals surface area (Å²) in [6, 6.07) is 15.3. The van der Waals surface area contributed by atoms with E-state index in [1.54, 1.807) is 12.1 Å². The number of esters is 2. The number of hydrogen-bond donors (Lipinski definition) is 4. The molecular formula is C25H26N2O10. The number of amides is 1. The average molecular weight is 514 g/mol. The molecule has 0 spiro atoms. The number of carboxylic acids is 2. The Labute approximate surface area is 211 Å². The van der Waals surface area contributed by atoms with Gasteiger partial charge in [-0.25, -0.2) is 24.0 Å². The molecule has 0 radical (unpaired) electrons. The molecule has 196 valence electrons. The van der Waals surface area contributed by atoms with Crippen LogP contribution in [0.4, 0.5) is 4.79 Å². The first-order valence-corrected chi connectivity index (χ1v) is 11.4. The molecule has 2 aromatic carbocycles. The Hall–Kier alpha value is -4.45. The van der Waals surface area contributed by atoms with Gasteiger partial charge in [0.1, 0.15) is 0 Å². The molecule has 2 fully saturated rings. The molecule has 4 rings (SSSR count). The molecular weight excluding hydrogens is 488 g/mol. The van der Waals surface area contributed by atoms with Crippen molar-refractivity contribution in [2.75, 3.05) is 19.6 Å². The molecule has 12 heteroatoms. The molecule has 4 N–H and O–H groups in total. The monoisotopic (exact) mass is 514 g/mol. The van der Waals surface area contributed by atoms with E-state index in [1.807, 2.05) is 0 Å². The topological polar surface area (TPSA) is 180 Å². The van der Waals surface area contributed by atoms with Crippen LogP contribution < -0.4 is 5.32 Å². The molecule has 2 aliphatic rings. The van der Waals surface area contributed by atoms with Crippen LogP contribution in [0, 0.1) is 5.92 Å². The zero-order valence-corrected chi connectivity index (χ0v) is 19.6. The fraction of sp³-hybridized carbons (Fsp3) is 0.320. The molecule has 0 aromatic heterocycles. The number of ether oxygens (including phenoxy) is 2. The fourth-order valence-corrected chi connectivity index (χ4v) is 4.00. The van der Waals surface area contributed by atoms with E-state index in [4.69, 9.17) is 14.6 Å². The van der Waals surface area contributed by atoms with Crippen molar-refractivity contribution in [3.05, 3.63) is 71.8 Å². The highest BCUT2D eigenvalue weighted by atomic mass is 16.6.